The van der Waals surface area contributed by atoms with Gasteiger partial charge in [0.15, 0.2) is 5.96 Å². The molecule has 156 valence electrons. The van der Waals surface area contributed by atoms with Crippen molar-refractivity contribution in [2.45, 2.75) is 52.6 Å². The van der Waals surface area contributed by atoms with Crippen molar-refractivity contribution in [3.63, 3.8) is 0 Å². The number of unbranched alkanes of at least 4 members (excludes halogenated alkanes) is 1. The quantitative estimate of drug-likeness (QED) is 0.372. The van der Waals surface area contributed by atoms with Crippen molar-refractivity contribution in [3.05, 3.63) is 0 Å². The largest absolute Gasteiger partial charge is 0.368 e. The molecule has 0 aromatic heterocycles. The van der Waals surface area contributed by atoms with Crippen molar-refractivity contribution in [1.29, 1.82) is 0 Å². The van der Waals surface area contributed by atoms with Crippen molar-refractivity contribution in [1.82, 2.24) is 20.0 Å². The van der Waals surface area contributed by atoms with Crippen molar-refractivity contribution >= 4 is 11.9 Å². The predicted octanol–water partition coefficient (Wildman–Crippen LogP) is 1.40. The Morgan fingerprint density at radius 1 is 1.11 bits per heavy atom. The number of nitrogens with one attached hydrogen (secondary N) is 1. The van der Waals surface area contributed by atoms with Gasteiger partial charge in [0, 0.05) is 45.9 Å². The van der Waals surface area contributed by atoms with Crippen LogP contribution in [0.2, 0.25) is 0 Å². The van der Waals surface area contributed by atoms with Crippen LogP contribution in [0.15, 0.2) is 4.99 Å². The van der Waals surface area contributed by atoms with E-state index in [1.807, 2.05) is 4.90 Å². The summed E-state index contributed by atoms with van der Waals surface area (Å²) in [5.41, 5.74) is 0. The summed E-state index contributed by atoms with van der Waals surface area (Å²) in [5, 5.41) is 3.41. The first-order valence-electron chi connectivity index (χ1n) is 10.9. The second-order valence-electron chi connectivity index (χ2n) is 7.28. The molecule has 2 fully saturated rings. The fourth-order valence-electron chi connectivity index (χ4n) is 3.71. The molecule has 1 atom stereocenters. The zero-order valence-electron chi connectivity index (χ0n) is 17.6. The third kappa shape index (κ3) is 6.96. The van der Waals surface area contributed by atoms with Crippen LogP contribution in [0.3, 0.4) is 0 Å². The number of ether oxygens (including phenoxy) is 1. The summed E-state index contributed by atoms with van der Waals surface area (Å²) in [4.78, 5) is 24.0. The molecular weight excluding hydrogens is 342 g/mol. The number of piperazine rings is 1. The minimum Gasteiger partial charge on any atom is -0.368 e. The summed E-state index contributed by atoms with van der Waals surface area (Å²) >= 11 is 0. The molecule has 0 aliphatic carbocycles. The van der Waals surface area contributed by atoms with Crippen LogP contribution in [0.4, 0.5) is 0 Å². The lowest BCUT2D eigenvalue weighted by atomic mass is 10.2. The maximum absolute atomic E-state index is 12.5. The second-order valence-corrected chi connectivity index (χ2v) is 7.28. The van der Waals surface area contributed by atoms with E-state index in [2.05, 4.69) is 35.9 Å². The fraction of sp³-hybridized carbons (Fsp3) is 0.900. The Labute approximate surface area is 165 Å². The monoisotopic (exact) mass is 381 g/mol. The third-order valence-corrected chi connectivity index (χ3v) is 5.47. The number of guanidine groups is 1. The predicted molar refractivity (Wildman–Crippen MR) is 110 cm³/mol. The number of rotatable bonds is 9. The molecule has 2 saturated heterocycles. The van der Waals surface area contributed by atoms with Gasteiger partial charge >= 0.3 is 0 Å². The molecule has 2 heterocycles. The minimum atomic E-state index is -0.204. The number of hydrogen-bond donors (Lipinski definition) is 1. The van der Waals surface area contributed by atoms with E-state index in [-0.39, 0.29) is 12.0 Å². The second kappa shape index (κ2) is 12.2. The Hall–Kier alpha value is -1.34. The van der Waals surface area contributed by atoms with Gasteiger partial charge in [-0.2, -0.15) is 0 Å². The minimum absolute atomic E-state index is 0.172. The lowest BCUT2D eigenvalue weighted by Gasteiger charge is -2.37. The molecule has 0 aromatic rings. The molecular formula is C20H39N5O2. The van der Waals surface area contributed by atoms with Crippen LogP contribution >= 0.6 is 0 Å². The van der Waals surface area contributed by atoms with Crippen molar-refractivity contribution in [3.8, 4) is 0 Å². The van der Waals surface area contributed by atoms with E-state index >= 15 is 0 Å². The molecule has 2 aliphatic heterocycles. The van der Waals surface area contributed by atoms with Crippen LogP contribution in [0.1, 0.15) is 46.5 Å². The van der Waals surface area contributed by atoms with Crippen LogP contribution in [0.5, 0.6) is 0 Å². The van der Waals surface area contributed by atoms with E-state index in [0.29, 0.717) is 0 Å². The number of amides is 1. The Bertz CT molecular complexity index is 453. The van der Waals surface area contributed by atoms with Crippen LogP contribution in [-0.2, 0) is 9.53 Å². The highest BCUT2D eigenvalue weighted by molar-refractivity contribution is 5.82. The van der Waals surface area contributed by atoms with E-state index in [0.717, 1.165) is 90.7 Å². The van der Waals surface area contributed by atoms with Crippen LogP contribution in [-0.4, -0.2) is 98.2 Å². The maximum Gasteiger partial charge on any atom is 0.251 e. The van der Waals surface area contributed by atoms with Crippen LogP contribution in [0.25, 0.3) is 0 Å². The zero-order valence-corrected chi connectivity index (χ0v) is 17.6. The van der Waals surface area contributed by atoms with E-state index in [1.54, 1.807) is 0 Å². The van der Waals surface area contributed by atoms with Gasteiger partial charge in [0.1, 0.15) is 6.10 Å². The Morgan fingerprint density at radius 3 is 2.41 bits per heavy atom. The molecule has 0 aromatic carbocycles. The van der Waals surface area contributed by atoms with E-state index in [1.165, 1.54) is 6.42 Å². The van der Waals surface area contributed by atoms with Gasteiger partial charge in [0.05, 0.1) is 0 Å². The summed E-state index contributed by atoms with van der Waals surface area (Å²) in [6.07, 6.45) is 3.97. The molecule has 0 spiro atoms. The number of aliphatic imine (C=N–C) groups is 1. The van der Waals surface area contributed by atoms with Gasteiger partial charge in [-0.25, -0.2) is 0 Å². The van der Waals surface area contributed by atoms with Gasteiger partial charge in [0.25, 0.3) is 5.91 Å². The number of carbonyl (C=O) groups is 1. The first-order valence-corrected chi connectivity index (χ1v) is 10.9. The fourth-order valence-corrected chi connectivity index (χ4v) is 3.71. The van der Waals surface area contributed by atoms with Gasteiger partial charge in [-0.15, -0.1) is 0 Å². The van der Waals surface area contributed by atoms with Crippen molar-refractivity contribution in [2.75, 3.05) is 65.5 Å². The Kier molecular flexibility index (Phi) is 9.91. The van der Waals surface area contributed by atoms with Gasteiger partial charge in [0.2, 0.25) is 0 Å². The molecule has 2 aliphatic rings. The number of hydrogen-bond acceptors (Lipinski definition) is 4. The molecule has 2 rings (SSSR count). The topological polar surface area (TPSA) is 60.4 Å². The molecule has 0 radical (unpaired) electrons. The smallest absolute Gasteiger partial charge is 0.251 e. The zero-order chi connectivity index (χ0) is 19.5. The van der Waals surface area contributed by atoms with E-state index < -0.39 is 0 Å². The van der Waals surface area contributed by atoms with Crippen molar-refractivity contribution < 1.29 is 9.53 Å². The van der Waals surface area contributed by atoms with Gasteiger partial charge in [-0.3, -0.25) is 9.79 Å². The third-order valence-electron chi connectivity index (χ3n) is 5.47. The summed E-state index contributed by atoms with van der Waals surface area (Å²) in [7, 11) is 0. The summed E-state index contributed by atoms with van der Waals surface area (Å²) in [6.45, 7) is 15.6. The molecule has 0 saturated carbocycles. The van der Waals surface area contributed by atoms with Crippen LogP contribution < -0.4 is 5.32 Å². The van der Waals surface area contributed by atoms with Crippen LogP contribution in [0, 0.1) is 0 Å². The molecule has 7 heteroatoms. The van der Waals surface area contributed by atoms with E-state index in [9.17, 15) is 4.79 Å². The summed E-state index contributed by atoms with van der Waals surface area (Å²) in [5.74, 6) is 1.16. The lowest BCUT2D eigenvalue weighted by Crippen LogP contribution is -2.55. The highest BCUT2D eigenvalue weighted by Crippen LogP contribution is 2.16. The van der Waals surface area contributed by atoms with Gasteiger partial charge in [-0.1, -0.05) is 13.8 Å². The SMILES string of the molecule is CCNC(=NCCCCN(CC)CC)N1CCN(C(=O)C2CCCO2)CC1. The van der Waals surface area contributed by atoms with Gasteiger partial charge < -0.3 is 24.8 Å². The highest BCUT2D eigenvalue weighted by Gasteiger charge is 2.30. The summed E-state index contributed by atoms with van der Waals surface area (Å²) in [6, 6.07) is 0. The first-order chi connectivity index (χ1) is 13.2. The Balaban J connectivity index is 1.75. The lowest BCUT2D eigenvalue weighted by molar-refractivity contribution is -0.142. The normalized spacial score (nSPS) is 21.2. The average Bonchev–Trinajstić information content (AvgIpc) is 3.24. The highest BCUT2D eigenvalue weighted by atomic mass is 16.5. The average molecular weight is 382 g/mol. The van der Waals surface area contributed by atoms with Gasteiger partial charge in [-0.05, 0) is 52.2 Å². The molecule has 1 unspecified atom stereocenters. The van der Waals surface area contributed by atoms with Crippen molar-refractivity contribution in [2.24, 2.45) is 4.99 Å². The first kappa shape index (κ1) is 22.0. The molecule has 27 heavy (non-hydrogen) atoms. The molecule has 1 amide bonds. The molecule has 1 N–H and O–H groups in total. The molecule has 0 bridgehead atoms. The van der Waals surface area contributed by atoms with E-state index in [4.69, 9.17) is 9.73 Å². The molecule has 7 nitrogen and oxygen atoms in total. The number of nitrogens with zero attached hydrogens (tertiary/aromatic N) is 4. The standard InChI is InChI=1S/C20H39N5O2/c1-4-21-20(22-11-7-8-12-23(5-2)6-3)25-15-13-24(14-16-25)19(26)18-10-9-17-27-18/h18H,4-17H2,1-3H3,(H,21,22). The maximum atomic E-state index is 12.5. The number of carbonyl (C=O) groups excluding carboxylic acids is 1. The summed E-state index contributed by atoms with van der Waals surface area (Å²) < 4.78 is 5.55. The Morgan fingerprint density at radius 2 is 1.81 bits per heavy atom.